The molecule has 1 aliphatic rings. The van der Waals surface area contributed by atoms with Crippen molar-refractivity contribution >= 4 is 33.4 Å². The van der Waals surface area contributed by atoms with Crippen LogP contribution in [0, 0.1) is 6.92 Å². The van der Waals surface area contributed by atoms with Crippen molar-refractivity contribution in [2.45, 2.75) is 24.8 Å². The molecule has 1 atom stereocenters. The summed E-state index contributed by atoms with van der Waals surface area (Å²) >= 11 is 5.84. The molecular weight excluding hydrogens is 428 g/mol. The van der Waals surface area contributed by atoms with Gasteiger partial charge in [0, 0.05) is 10.7 Å². The smallest absolute Gasteiger partial charge is 0.338 e. The van der Waals surface area contributed by atoms with Crippen LogP contribution < -0.4 is 10.6 Å². The standard InChI is InChI=1S/C21H21ClN2O5S/c1-3-29-20(25)18-17(12-30(27,28)16-10-8-15(22)9-11-16)23-21(26)24-19(18)14-6-4-13(2)5-7-14/h4-11,19H,3,12H2,1-2H3,(H2,23,24,26)/t19-/m1/s1. The second-order valence-corrected chi connectivity index (χ2v) is 9.19. The minimum atomic E-state index is -3.86. The molecule has 3 rings (SSSR count). The fourth-order valence-electron chi connectivity index (χ4n) is 3.11. The van der Waals surface area contributed by atoms with Gasteiger partial charge in [-0.25, -0.2) is 18.0 Å². The number of sulfone groups is 1. The van der Waals surface area contributed by atoms with E-state index in [1.165, 1.54) is 24.3 Å². The van der Waals surface area contributed by atoms with Crippen LogP contribution in [-0.4, -0.2) is 32.8 Å². The lowest BCUT2D eigenvalue weighted by Gasteiger charge is -2.29. The van der Waals surface area contributed by atoms with Gasteiger partial charge in [0.2, 0.25) is 0 Å². The van der Waals surface area contributed by atoms with E-state index < -0.39 is 33.6 Å². The van der Waals surface area contributed by atoms with E-state index >= 15 is 0 Å². The molecule has 7 nitrogen and oxygen atoms in total. The second-order valence-electron chi connectivity index (χ2n) is 6.77. The van der Waals surface area contributed by atoms with Crippen LogP contribution in [-0.2, 0) is 19.4 Å². The fraction of sp³-hybridized carbons (Fsp3) is 0.238. The van der Waals surface area contributed by atoms with Crippen LogP contribution >= 0.6 is 11.6 Å². The number of carbonyl (C=O) groups excluding carboxylic acids is 2. The van der Waals surface area contributed by atoms with Gasteiger partial charge in [-0.05, 0) is 43.7 Å². The monoisotopic (exact) mass is 448 g/mol. The molecule has 0 unspecified atom stereocenters. The minimum absolute atomic E-state index is 0.0160. The zero-order valence-corrected chi connectivity index (χ0v) is 18.0. The highest BCUT2D eigenvalue weighted by Crippen LogP contribution is 2.29. The van der Waals surface area contributed by atoms with Crippen molar-refractivity contribution in [1.29, 1.82) is 0 Å². The SMILES string of the molecule is CCOC(=O)C1=C(CS(=O)(=O)c2ccc(Cl)cc2)NC(=O)N[C@@H]1c1ccc(C)cc1. The number of nitrogens with one attached hydrogen (secondary N) is 2. The lowest BCUT2D eigenvalue weighted by atomic mass is 9.95. The summed E-state index contributed by atoms with van der Waals surface area (Å²) in [6, 6.07) is 11.5. The second kappa shape index (κ2) is 8.89. The molecule has 30 heavy (non-hydrogen) atoms. The van der Waals surface area contributed by atoms with Crippen molar-refractivity contribution in [2.24, 2.45) is 0 Å². The first-order chi connectivity index (χ1) is 14.2. The average Bonchev–Trinajstić information content (AvgIpc) is 2.68. The van der Waals surface area contributed by atoms with E-state index in [-0.39, 0.29) is 22.8 Å². The molecule has 0 spiro atoms. The summed E-state index contributed by atoms with van der Waals surface area (Å²) in [4.78, 5) is 25.1. The number of rotatable bonds is 6. The summed E-state index contributed by atoms with van der Waals surface area (Å²) < 4.78 is 31.0. The summed E-state index contributed by atoms with van der Waals surface area (Å²) in [7, 11) is -3.86. The van der Waals surface area contributed by atoms with Crippen LogP contribution in [0.4, 0.5) is 4.79 Å². The summed E-state index contributed by atoms with van der Waals surface area (Å²) in [6.45, 7) is 3.67. The molecule has 2 N–H and O–H groups in total. The number of halogens is 1. The third kappa shape index (κ3) is 4.83. The van der Waals surface area contributed by atoms with Gasteiger partial charge in [0.15, 0.2) is 9.84 Å². The average molecular weight is 449 g/mol. The third-order valence-electron chi connectivity index (χ3n) is 4.57. The highest BCUT2D eigenvalue weighted by Gasteiger charge is 2.35. The number of esters is 1. The van der Waals surface area contributed by atoms with Gasteiger partial charge >= 0.3 is 12.0 Å². The Morgan fingerprint density at radius 1 is 1.10 bits per heavy atom. The Kier molecular flexibility index (Phi) is 6.48. The molecule has 0 bridgehead atoms. The van der Waals surface area contributed by atoms with Crippen LogP contribution in [0.5, 0.6) is 0 Å². The Morgan fingerprint density at radius 3 is 2.33 bits per heavy atom. The quantitative estimate of drug-likeness (QED) is 0.660. The largest absolute Gasteiger partial charge is 0.463 e. The summed E-state index contributed by atoms with van der Waals surface area (Å²) in [5.41, 5.74) is 1.68. The highest BCUT2D eigenvalue weighted by molar-refractivity contribution is 7.91. The van der Waals surface area contributed by atoms with Crippen LogP contribution in [0.15, 0.2) is 64.7 Å². The zero-order valence-electron chi connectivity index (χ0n) is 16.4. The van der Waals surface area contributed by atoms with Gasteiger partial charge in [-0.3, -0.25) is 0 Å². The van der Waals surface area contributed by atoms with Crippen molar-refractivity contribution in [1.82, 2.24) is 10.6 Å². The number of urea groups is 1. The van der Waals surface area contributed by atoms with Crippen LogP contribution in [0.1, 0.15) is 24.1 Å². The van der Waals surface area contributed by atoms with Gasteiger partial charge in [-0.1, -0.05) is 41.4 Å². The molecule has 1 heterocycles. The molecule has 2 aromatic rings. The molecule has 2 aromatic carbocycles. The van der Waals surface area contributed by atoms with Gasteiger partial charge < -0.3 is 15.4 Å². The van der Waals surface area contributed by atoms with Crippen LogP contribution in [0.3, 0.4) is 0 Å². The topological polar surface area (TPSA) is 102 Å². The molecule has 2 amide bonds. The lowest BCUT2D eigenvalue weighted by molar-refractivity contribution is -0.139. The zero-order chi connectivity index (χ0) is 21.9. The van der Waals surface area contributed by atoms with Crippen molar-refractivity contribution in [2.75, 3.05) is 12.4 Å². The first kappa shape index (κ1) is 21.9. The minimum Gasteiger partial charge on any atom is -0.463 e. The van der Waals surface area contributed by atoms with Crippen molar-refractivity contribution in [3.8, 4) is 0 Å². The first-order valence-corrected chi connectivity index (χ1v) is 11.3. The molecule has 9 heteroatoms. The highest BCUT2D eigenvalue weighted by atomic mass is 35.5. The molecule has 0 aliphatic carbocycles. The predicted octanol–water partition coefficient (Wildman–Crippen LogP) is 3.29. The van der Waals surface area contributed by atoms with E-state index in [2.05, 4.69) is 10.6 Å². The molecule has 0 saturated carbocycles. The normalized spacial score (nSPS) is 16.6. The maximum Gasteiger partial charge on any atom is 0.338 e. The molecular formula is C21H21ClN2O5S. The van der Waals surface area contributed by atoms with Gasteiger partial charge in [-0.15, -0.1) is 0 Å². The van der Waals surface area contributed by atoms with E-state index in [1.807, 2.05) is 19.1 Å². The number of ether oxygens (including phenoxy) is 1. The third-order valence-corrected chi connectivity index (χ3v) is 6.48. The molecule has 0 saturated heterocycles. The van der Waals surface area contributed by atoms with Crippen molar-refractivity contribution < 1.29 is 22.7 Å². The Labute approximate surface area is 180 Å². The van der Waals surface area contributed by atoms with Gasteiger partial charge in [0.1, 0.15) is 0 Å². The number of hydrogen-bond donors (Lipinski definition) is 2. The Bertz CT molecular complexity index is 1090. The molecule has 1 aliphatic heterocycles. The maximum atomic E-state index is 12.9. The Hall–Kier alpha value is -2.84. The van der Waals surface area contributed by atoms with Crippen molar-refractivity contribution in [3.63, 3.8) is 0 Å². The van der Waals surface area contributed by atoms with Crippen LogP contribution in [0.2, 0.25) is 5.02 Å². The summed E-state index contributed by atoms with van der Waals surface area (Å²) in [5, 5.41) is 5.56. The first-order valence-electron chi connectivity index (χ1n) is 9.24. The molecule has 0 fully saturated rings. The Balaban J connectivity index is 2.08. The van der Waals surface area contributed by atoms with Gasteiger partial charge in [0.25, 0.3) is 0 Å². The van der Waals surface area contributed by atoms with E-state index in [9.17, 15) is 18.0 Å². The lowest BCUT2D eigenvalue weighted by Crippen LogP contribution is -2.47. The van der Waals surface area contributed by atoms with Gasteiger partial charge in [0.05, 0.1) is 28.9 Å². The molecule has 158 valence electrons. The maximum absolute atomic E-state index is 12.9. The molecule has 0 aromatic heterocycles. The summed E-state index contributed by atoms with van der Waals surface area (Å²) in [5.74, 6) is -1.27. The van der Waals surface area contributed by atoms with Crippen LogP contribution in [0.25, 0.3) is 0 Å². The number of hydrogen-bond acceptors (Lipinski definition) is 5. The van der Waals surface area contributed by atoms with E-state index in [0.717, 1.165) is 5.56 Å². The van der Waals surface area contributed by atoms with Gasteiger partial charge in [-0.2, -0.15) is 0 Å². The van der Waals surface area contributed by atoms with E-state index in [1.54, 1.807) is 19.1 Å². The Morgan fingerprint density at radius 2 is 1.73 bits per heavy atom. The van der Waals surface area contributed by atoms with Crippen molar-refractivity contribution in [3.05, 3.63) is 76.0 Å². The molecule has 0 radical (unpaired) electrons. The van der Waals surface area contributed by atoms with E-state index in [4.69, 9.17) is 16.3 Å². The number of amides is 2. The van der Waals surface area contributed by atoms with E-state index in [0.29, 0.717) is 10.6 Å². The summed E-state index contributed by atoms with van der Waals surface area (Å²) in [6.07, 6.45) is 0. The number of benzene rings is 2. The fourth-order valence-corrected chi connectivity index (χ4v) is 4.56. The predicted molar refractivity (Wildman–Crippen MR) is 113 cm³/mol. The number of carbonyl (C=O) groups is 2. The number of aryl methyl sites for hydroxylation is 1.